The van der Waals surface area contributed by atoms with E-state index in [2.05, 4.69) is 23.2 Å². The normalized spacial score (nSPS) is 23.2. The molecule has 18 heavy (non-hydrogen) atoms. The lowest BCUT2D eigenvalue weighted by molar-refractivity contribution is -0.136. The maximum absolute atomic E-state index is 10.9. The number of aromatic nitrogens is 2. The molecule has 1 aliphatic carbocycles. The van der Waals surface area contributed by atoms with Crippen LogP contribution in [0.5, 0.6) is 0 Å². The summed E-state index contributed by atoms with van der Waals surface area (Å²) in [6, 6.07) is 0. The van der Waals surface area contributed by atoms with Gasteiger partial charge >= 0.3 is 5.97 Å². The Labute approximate surface area is 109 Å². The van der Waals surface area contributed by atoms with Gasteiger partial charge in [-0.05, 0) is 24.7 Å². The summed E-state index contributed by atoms with van der Waals surface area (Å²) in [4.78, 5) is 16.5. The molecule has 2 unspecified atom stereocenters. The molecule has 2 heterocycles. The zero-order valence-corrected chi connectivity index (χ0v) is 11.3. The van der Waals surface area contributed by atoms with Gasteiger partial charge < -0.3 is 5.11 Å². The molecule has 0 amide bonds. The predicted octanol–water partition coefficient (Wildman–Crippen LogP) is 2.71. The molecular formula is C13H16N2O2S. The average molecular weight is 264 g/mol. The third-order valence-corrected chi connectivity index (χ3v) is 4.52. The van der Waals surface area contributed by atoms with Gasteiger partial charge in [0.05, 0.1) is 12.1 Å². The minimum atomic E-state index is -0.783. The zero-order chi connectivity index (χ0) is 12.9. The summed E-state index contributed by atoms with van der Waals surface area (Å²) in [7, 11) is 0. The summed E-state index contributed by atoms with van der Waals surface area (Å²) >= 11 is 1.54. The number of nitrogens with zero attached hydrogens (tertiary/aromatic N) is 2. The molecule has 0 fully saturated rings. The summed E-state index contributed by atoms with van der Waals surface area (Å²) in [5, 5.41) is 10.9. The van der Waals surface area contributed by atoms with Gasteiger partial charge in [-0.2, -0.15) is 0 Å². The van der Waals surface area contributed by atoms with Crippen LogP contribution in [0.15, 0.2) is 5.38 Å². The van der Waals surface area contributed by atoms with E-state index in [1.165, 1.54) is 11.4 Å². The van der Waals surface area contributed by atoms with Crippen LogP contribution < -0.4 is 0 Å². The van der Waals surface area contributed by atoms with E-state index >= 15 is 0 Å². The molecule has 5 heteroatoms. The van der Waals surface area contributed by atoms with Crippen molar-refractivity contribution in [3.63, 3.8) is 0 Å². The Morgan fingerprint density at radius 2 is 2.39 bits per heavy atom. The number of aliphatic carboxylic acids is 1. The molecule has 0 saturated heterocycles. The SMILES string of the molecule is CC1Cc2nc3scc(CC(=O)O)n3c2C(C)C1. The molecule has 2 aromatic heterocycles. The summed E-state index contributed by atoms with van der Waals surface area (Å²) in [5.41, 5.74) is 3.26. The predicted molar refractivity (Wildman–Crippen MR) is 70.3 cm³/mol. The highest BCUT2D eigenvalue weighted by atomic mass is 32.1. The topological polar surface area (TPSA) is 54.6 Å². The van der Waals surface area contributed by atoms with Crippen LogP contribution in [0.3, 0.4) is 0 Å². The van der Waals surface area contributed by atoms with E-state index in [0.29, 0.717) is 11.8 Å². The fourth-order valence-corrected chi connectivity index (χ4v) is 3.96. The van der Waals surface area contributed by atoms with Crippen molar-refractivity contribution in [2.75, 3.05) is 0 Å². The van der Waals surface area contributed by atoms with Crippen LogP contribution in [-0.2, 0) is 17.6 Å². The van der Waals surface area contributed by atoms with Crippen molar-refractivity contribution in [3.05, 3.63) is 22.5 Å². The van der Waals surface area contributed by atoms with E-state index in [9.17, 15) is 4.79 Å². The average Bonchev–Trinajstić information content (AvgIpc) is 2.77. The Hall–Kier alpha value is -1.36. The second-order valence-electron chi connectivity index (χ2n) is 5.31. The summed E-state index contributed by atoms with van der Waals surface area (Å²) in [5.74, 6) is 0.343. The molecule has 0 bridgehead atoms. The number of thiazole rings is 1. The minimum absolute atomic E-state index is 0.0745. The highest BCUT2D eigenvalue weighted by Crippen LogP contribution is 2.36. The highest BCUT2D eigenvalue weighted by molar-refractivity contribution is 7.15. The maximum Gasteiger partial charge on any atom is 0.309 e. The number of imidazole rings is 1. The summed E-state index contributed by atoms with van der Waals surface area (Å²) < 4.78 is 2.07. The number of rotatable bonds is 2. The van der Waals surface area contributed by atoms with Gasteiger partial charge in [0.2, 0.25) is 0 Å². The zero-order valence-electron chi connectivity index (χ0n) is 10.5. The minimum Gasteiger partial charge on any atom is -0.481 e. The first-order valence-corrected chi connectivity index (χ1v) is 7.13. The Balaban J connectivity index is 2.16. The Morgan fingerprint density at radius 3 is 3.11 bits per heavy atom. The molecule has 0 aromatic carbocycles. The van der Waals surface area contributed by atoms with Crippen molar-refractivity contribution in [2.24, 2.45) is 5.92 Å². The van der Waals surface area contributed by atoms with E-state index in [-0.39, 0.29) is 6.42 Å². The van der Waals surface area contributed by atoms with Crippen LogP contribution in [0.1, 0.15) is 43.3 Å². The summed E-state index contributed by atoms with van der Waals surface area (Å²) in [6.07, 6.45) is 2.24. The van der Waals surface area contributed by atoms with Gasteiger partial charge in [-0.1, -0.05) is 13.8 Å². The van der Waals surface area contributed by atoms with Gasteiger partial charge in [0.15, 0.2) is 4.96 Å². The van der Waals surface area contributed by atoms with Gasteiger partial charge in [0.1, 0.15) is 0 Å². The Kier molecular flexibility index (Phi) is 2.66. The van der Waals surface area contributed by atoms with E-state index in [0.717, 1.165) is 23.5 Å². The number of carboxylic acid groups (broad SMARTS) is 1. The van der Waals surface area contributed by atoms with Gasteiger partial charge in [0, 0.05) is 16.8 Å². The number of hydrogen-bond donors (Lipinski definition) is 1. The van der Waals surface area contributed by atoms with Gasteiger partial charge in [-0.25, -0.2) is 4.98 Å². The van der Waals surface area contributed by atoms with Crippen molar-refractivity contribution in [2.45, 2.75) is 39.0 Å². The Morgan fingerprint density at radius 1 is 1.61 bits per heavy atom. The third kappa shape index (κ3) is 1.73. The Bertz CT molecular complexity index is 614. The van der Waals surface area contributed by atoms with Crippen LogP contribution in [-0.4, -0.2) is 20.5 Å². The number of carboxylic acids is 1. The van der Waals surface area contributed by atoms with Crippen LogP contribution >= 0.6 is 11.3 Å². The van der Waals surface area contributed by atoms with Crippen LogP contribution in [0, 0.1) is 5.92 Å². The number of carbonyl (C=O) groups is 1. The lowest BCUT2D eigenvalue weighted by Gasteiger charge is -2.24. The standard InChI is InChI=1S/C13H16N2O2S/c1-7-3-8(2)12-10(4-7)14-13-15(12)9(6-18-13)5-11(16)17/h6-8H,3-5H2,1-2H3,(H,16,17). The summed E-state index contributed by atoms with van der Waals surface area (Å²) in [6.45, 7) is 4.47. The fraction of sp³-hybridized carbons (Fsp3) is 0.538. The molecule has 2 aromatic rings. The first-order valence-electron chi connectivity index (χ1n) is 6.25. The smallest absolute Gasteiger partial charge is 0.309 e. The molecule has 2 atom stereocenters. The largest absolute Gasteiger partial charge is 0.481 e. The van der Waals surface area contributed by atoms with E-state index < -0.39 is 5.97 Å². The van der Waals surface area contributed by atoms with Crippen LogP contribution in [0.25, 0.3) is 4.96 Å². The first kappa shape index (κ1) is 11.7. The molecule has 96 valence electrons. The molecule has 3 rings (SSSR count). The van der Waals surface area contributed by atoms with E-state index in [4.69, 9.17) is 5.11 Å². The quantitative estimate of drug-likeness (QED) is 0.907. The highest BCUT2D eigenvalue weighted by Gasteiger charge is 2.28. The lowest BCUT2D eigenvalue weighted by atomic mass is 9.84. The van der Waals surface area contributed by atoms with Gasteiger partial charge in [-0.3, -0.25) is 9.20 Å². The first-order chi connectivity index (χ1) is 8.56. The monoisotopic (exact) mass is 264 g/mol. The van der Waals surface area contributed by atoms with E-state index in [1.54, 1.807) is 11.3 Å². The van der Waals surface area contributed by atoms with Crippen molar-refractivity contribution in [1.82, 2.24) is 9.38 Å². The molecule has 4 nitrogen and oxygen atoms in total. The second-order valence-corrected chi connectivity index (χ2v) is 6.14. The maximum atomic E-state index is 10.9. The van der Waals surface area contributed by atoms with Gasteiger partial charge in [-0.15, -0.1) is 11.3 Å². The van der Waals surface area contributed by atoms with Crippen molar-refractivity contribution < 1.29 is 9.90 Å². The van der Waals surface area contributed by atoms with Crippen molar-refractivity contribution in [1.29, 1.82) is 0 Å². The molecular weight excluding hydrogens is 248 g/mol. The van der Waals surface area contributed by atoms with Gasteiger partial charge in [0.25, 0.3) is 0 Å². The molecule has 1 aliphatic rings. The van der Waals surface area contributed by atoms with Crippen molar-refractivity contribution in [3.8, 4) is 0 Å². The molecule has 0 saturated carbocycles. The molecule has 0 radical (unpaired) electrons. The molecule has 0 aliphatic heterocycles. The fourth-order valence-electron chi connectivity index (χ4n) is 3.04. The van der Waals surface area contributed by atoms with Crippen LogP contribution in [0.4, 0.5) is 0 Å². The van der Waals surface area contributed by atoms with Crippen LogP contribution in [0.2, 0.25) is 0 Å². The third-order valence-electron chi connectivity index (χ3n) is 3.64. The number of fused-ring (bicyclic) bond motifs is 3. The number of hydrogen-bond acceptors (Lipinski definition) is 3. The molecule has 0 spiro atoms. The second kappa shape index (κ2) is 4.09. The lowest BCUT2D eigenvalue weighted by Crippen LogP contribution is -2.16. The molecule has 1 N–H and O–H groups in total. The van der Waals surface area contributed by atoms with Crippen molar-refractivity contribution >= 4 is 22.3 Å². The van der Waals surface area contributed by atoms with E-state index in [1.807, 2.05) is 5.38 Å².